The van der Waals surface area contributed by atoms with Crippen LogP contribution in [0.2, 0.25) is 0 Å². The molecule has 0 aromatic rings. The highest BCUT2D eigenvalue weighted by atomic mass is 16.4. The monoisotopic (exact) mass is 215 g/mol. The van der Waals surface area contributed by atoms with Crippen molar-refractivity contribution in [3.63, 3.8) is 0 Å². The number of nitrogens with one attached hydrogen (secondary N) is 1. The van der Waals surface area contributed by atoms with Crippen molar-refractivity contribution in [1.82, 2.24) is 5.32 Å². The second kappa shape index (κ2) is 6.83. The zero-order valence-corrected chi connectivity index (χ0v) is 10.5. The molecule has 0 spiro atoms. The van der Waals surface area contributed by atoms with E-state index >= 15 is 0 Å². The third-order valence-electron chi connectivity index (χ3n) is 2.61. The molecule has 0 aliphatic carbocycles. The summed E-state index contributed by atoms with van der Waals surface area (Å²) in [5, 5.41) is 12.3. The van der Waals surface area contributed by atoms with Crippen molar-refractivity contribution < 1.29 is 9.90 Å². The molecule has 0 rings (SSSR count). The molecule has 0 bridgehead atoms. The fraction of sp³-hybridized carbons (Fsp3) is 0.917. The van der Waals surface area contributed by atoms with Gasteiger partial charge < -0.3 is 5.11 Å². The molecule has 15 heavy (non-hydrogen) atoms. The van der Waals surface area contributed by atoms with Crippen LogP contribution in [0.5, 0.6) is 0 Å². The molecule has 0 aromatic heterocycles. The minimum absolute atomic E-state index is 0.206. The minimum Gasteiger partial charge on any atom is -0.480 e. The Labute approximate surface area is 93.3 Å². The molecule has 3 nitrogen and oxygen atoms in total. The molecule has 0 aliphatic rings. The highest BCUT2D eigenvalue weighted by Gasteiger charge is 2.32. The fourth-order valence-corrected chi connectivity index (χ4v) is 1.78. The van der Waals surface area contributed by atoms with Crippen LogP contribution < -0.4 is 5.32 Å². The zero-order chi connectivity index (χ0) is 11.9. The summed E-state index contributed by atoms with van der Waals surface area (Å²) in [5.74, 6) is -0.743. The molecular weight excluding hydrogens is 190 g/mol. The Bertz CT molecular complexity index is 192. The summed E-state index contributed by atoms with van der Waals surface area (Å²) >= 11 is 0. The van der Waals surface area contributed by atoms with Gasteiger partial charge in [0, 0.05) is 6.04 Å². The molecule has 0 heterocycles. The molecule has 0 fully saturated rings. The molecular formula is C12H25NO2. The minimum atomic E-state index is -0.762. The van der Waals surface area contributed by atoms with Crippen molar-refractivity contribution in [2.45, 2.75) is 71.4 Å². The van der Waals surface area contributed by atoms with Gasteiger partial charge in [-0.2, -0.15) is 0 Å². The van der Waals surface area contributed by atoms with E-state index in [2.05, 4.69) is 12.2 Å². The normalized spacial score (nSPS) is 15.3. The maximum Gasteiger partial charge on any atom is 0.323 e. The quantitative estimate of drug-likeness (QED) is 0.612. The molecule has 0 saturated heterocycles. The topological polar surface area (TPSA) is 49.3 Å². The molecule has 2 N–H and O–H groups in total. The van der Waals surface area contributed by atoms with Crippen LogP contribution >= 0.6 is 0 Å². The number of unbranched alkanes of at least 4 members (excludes halogenated alkanes) is 3. The van der Waals surface area contributed by atoms with Gasteiger partial charge in [-0.25, -0.2) is 0 Å². The highest BCUT2D eigenvalue weighted by molar-refractivity contribution is 5.78. The summed E-state index contributed by atoms with van der Waals surface area (Å²) in [4.78, 5) is 11.2. The Hall–Kier alpha value is -0.570. The van der Waals surface area contributed by atoms with Crippen molar-refractivity contribution in [2.75, 3.05) is 0 Å². The van der Waals surface area contributed by atoms with Crippen molar-refractivity contribution in [2.24, 2.45) is 0 Å². The third-order valence-corrected chi connectivity index (χ3v) is 2.61. The van der Waals surface area contributed by atoms with Crippen LogP contribution in [0.3, 0.4) is 0 Å². The van der Waals surface area contributed by atoms with E-state index in [4.69, 9.17) is 0 Å². The van der Waals surface area contributed by atoms with E-state index in [9.17, 15) is 9.90 Å². The van der Waals surface area contributed by atoms with Crippen LogP contribution in [0.15, 0.2) is 0 Å². The van der Waals surface area contributed by atoms with E-state index in [0.29, 0.717) is 6.42 Å². The van der Waals surface area contributed by atoms with E-state index in [-0.39, 0.29) is 6.04 Å². The number of aliphatic carboxylic acids is 1. The van der Waals surface area contributed by atoms with E-state index < -0.39 is 11.5 Å². The summed E-state index contributed by atoms with van der Waals surface area (Å²) in [5.41, 5.74) is -0.762. The number of hydrogen-bond donors (Lipinski definition) is 2. The average Bonchev–Trinajstić information content (AvgIpc) is 2.11. The lowest BCUT2D eigenvalue weighted by atomic mass is 9.93. The average molecular weight is 215 g/mol. The first kappa shape index (κ1) is 14.4. The van der Waals surface area contributed by atoms with Crippen molar-refractivity contribution in [3.05, 3.63) is 0 Å². The van der Waals surface area contributed by atoms with Gasteiger partial charge in [0.25, 0.3) is 0 Å². The lowest BCUT2D eigenvalue weighted by Crippen LogP contribution is -2.52. The molecule has 3 heteroatoms. The maximum absolute atomic E-state index is 11.2. The first-order valence-corrected chi connectivity index (χ1v) is 5.93. The number of carbonyl (C=O) groups is 1. The molecule has 1 atom stereocenters. The van der Waals surface area contributed by atoms with Crippen LogP contribution in [0.25, 0.3) is 0 Å². The van der Waals surface area contributed by atoms with Crippen LogP contribution in [-0.4, -0.2) is 22.7 Å². The Balaban J connectivity index is 4.08. The molecule has 90 valence electrons. The Morgan fingerprint density at radius 2 is 1.93 bits per heavy atom. The summed E-state index contributed by atoms with van der Waals surface area (Å²) in [6.07, 6.45) is 5.19. The Morgan fingerprint density at radius 3 is 2.33 bits per heavy atom. The van der Waals surface area contributed by atoms with E-state index in [1.807, 2.05) is 13.8 Å². The second-order valence-corrected chi connectivity index (χ2v) is 4.75. The van der Waals surface area contributed by atoms with Gasteiger partial charge in [0.1, 0.15) is 5.54 Å². The molecule has 0 amide bonds. The first-order valence-electron chi connectivity index (χ1n) is 5.93. The van der Waals surface area contributed by atoms with Crippen LogP contribution in [0.1, 0.15) is 59.8 Å². The lowest BCUT2D eigenvalue weighted by Gasteiger charge is -2.28. The molecule has 1 unspecified atom stereocenters. The first-order chi connectivity index (χ1) is 6.92. The predicted octanol–water partition coefficient (Wildman–Crippen LogP) is 2.80. The predicted molar refractivity (Wildman–Crippen MR) is 63.1 cm³/mol. The lowest BCUT2D eigenvalue weighted by molar-refractivity contribution is -0.144. The summed E-state index contributed by atoms with van der Waals surface area (Å²) in [7, 11) is 0. The van der Waals surface area contributed by atoms with E-state index in [0.717, 1.165) is 12.8 Å². The van der Waals surface area contributed by atoms with Crippen molar-refractivity contribution >= 4 is 5.97 Å². The van der Waals surface area contributed by atoms with Crippen molar-refractivity contribution in [1.29, 1.82) is 0 Å². The van der Waals surface area contributed by atoms with Gasteiger partial charge in [0.2, 0.25) is 0 Å². The summed E-state index contributed by atoms with van der Waals surface area (Å²) in [6.45, 7) is 7.89. The van der Waals surface area contributed by atoms with Gasteiger partial charge in [-0.05, 0) is 27.2 Å². The second-order valence-electron chi connectivity index (χ2n) is 4.75. The third kappa shape index (κ3) is 5.78. The van der Waals surface area contributed by atoms with Gasteiger partial charge in [0.05, 0.1) is 0 Å². The summed E-state index contributed by atoms with van der Waals surface area (Å²) in [6, 6.07) is 0.206. The number of hydrogen-bond acceptors (Lipinski definition) is 2. The maximum atomic E-state index is 11.2. The van der Waals surface area contributed by atoms with Gasteiger partial charge in [-0.15, -0.1) is 0 Å². The fourth-order valence-electron chi connectivity index (χ4n) is 1.78. The number of rotatable bonds is 8. The number of carboxylic acid groups (broad SMARTS) is 1. The summed E-state index contributed by atoms with van der Waals surface area (Å²) < 4.78 is 0. The molecule has 0 aromatic carbocycles. The van der Waals surface area contributed by atoms with Gasteiger partial charge in [-0.1, -0.05) is 32.6 Å². The number of carboxylic acids is 1. The van der Waals surface area contributed by atoms with E-state index in [1.165, 1.54) is 12.8 Å². The van der Waals surface area contributed by atoms with Crippen LogP contribution in [0.4, 0.5) is 0 Å². The zero-order valence-electron chi connectivity index (χ0n) is 10.5. The highest BCUT2D eigenvalue weighted by Crippen LogP contribution is 2.16. The van der Waals surface area contributed by atoms with E-state index in [1.54, 1.807) is 6.92 Å². The van der Waals surface area contributed by atoms with Gasteiger partial charge in [0.15, 0.2) is 0 Å². The Kier molecular flexibility index (Phi) is 6.57. The molecule has 0 aliphatic heterocycles. The Morgan fingerprint density at radius 1 is 1.33 bits per heavy atom. The largest absolute Gasteiger partial charge is 0.480 e. The smallest absolute Gasteiger partial charge is 0.323 e. The molecule has 0 radical (unpaired) electrons. The van der Waals surface area contributed by atoms with Gasteiger partial charge >= 0.3 is 5.97 Å². The van der Waals surface area contributed by atoms with Crippen LogP contribution in [0, 0.1) is 0 Å². The van der Waals surface area contributed by atoms with Crippen molar-refractivity contribution in [3.8, 4) is 0 Å². The van der Waals surface area contributed by atoms with Crippen LogP contribution in [-0.2, 0) is 4.79 Å². The SMILES string of the molecule is CCCCCCC(C)(NC(C)C)C(=O)O. The van der Waals surface area contributed by atoms with Gasteiger partial charge in [-0.3, -0.25) is 10.1 Å². The standard InChI is InChI=1S/C12H25NO2/c1-5-6-7-8-9-12(4,11(14)15)13-10(2)3/h10,13H,5-9H2,1-4H3,(H,14,15). The molecule has 0 saturated carbocycles.